The van der Waals surface area contributed by atoms with Crippen LogP contribution in [0.1, 0.15) is 0 Å². The van der Waals surface area contributed by atoms with E-state index in [4.69, 9.17) is 0 Å². The molecule has 3 rings (SSSR count). The van der Waals surface area contributed by atoms with Gasteiger partial charge in [0.1, 0.15) is 4.47 Å². The Bertz CT molecular complexity index is 881. The number of nitrogens with one attached hydrogen (secondary N) is 1. The first-order valence-electron chi connectivity index (χ1n) is 6.98. The molecule has 0 amide bonds. The topological polar surface area (TPSA) is 46.9 Å². The molecular formula is C17H14BrN3OS. The van der Waals surface area contributed by atoms with E-state index in [1.165, 1.54) is 16.4 Å². The van der Waals surface area contributed by atoms with Gasteiger partial charge in [-0.2, -0.15) is 9.78 Å². The smallest absolute Gasteiger partial charge is 0.286 e. The van der Waals surface area contributed by atoms with Gasteiger partial charge in [0.05, 0.1) is 16.8 Å². The summed E-state index contributed by atoms with van der Waals surface area (Å²) in [5, 5.41) is 7.44. The van der Waals surface area contributed by atoms with Crippen LogP contribution in [0.15, 0.2) is 79.9 Å². The lowest BCUT2D eigenvalue weighted by Crippen LogP contribution is -2.22. The van der Waals surface area contributed by atoms with Gasteiger partial charge in [-0.05, 0) is 40.2 Å². The predicted molar refractivity (Wildman–Crippen MR) is 97.6 cm³/mol. The molecule has 23 heavy (non-hydrogen) atoms. The van der Waals surface area contributed by atoms with Crippen LogP contribution in [-0.4, -0.2) is 16.8 Å². The van der Waals surface area contributed by atoms with Gasteiger partial charge >= 0.3 is 0 Å². The van der Waals surface area contributed by atoms with Crippen LogP contribution in [0, 0.1) is 0 Å². The molecule has 0 bridgehead atoms. The molecular weight excluding hydrogens is 374 g/mol. The summed E-state index contributed by atoms with van der Waals surface area (Å²) in [4.78, 5) is 14.4. The quantitative estimate of drug-likeness (QED) is 0.728. The zero-order valence-corrected chi connectivity index (χ0v) is 14.8. The maximum Gasteiger partial charge on any atom is 0.286 e. The van der Waals surface area contributed by atoms with E-state index in [0.717, 1.165) is 21.2 Å². The largest absolute Gasteiger partial charge is 0.387 e. The van der Waals surface area contributed by atoms with Gasteiger partial charge in [-0.15, -0.1) is 0 Å². The number of hydrogen-bond acceptors (Lipinski definition) is 4. The standard InChI is InChI=1S/C17H14BrN3OS/c1-19-13-9-5-6-10-14(13)23-15-11-20-21(17(22)16(15)18)12-7-3-2-4-8-12/h2-11,19H,1H3. The summed E-state index contributed by atoms with van der Waals surface area (Å²) in [5.41, 5.74) is 1.57. The van der Waals surface area contributed by atoms with Gasteiger partial charge in [-0.25, -0.2) is 0 Å². The minimum Gasteiger partial charge on any atom is -0.387 e. The lowest BCUT2D eigenvalue weighted by molar-refractivity contribution is 0.782. The van der Waals surface area contributed by atoms with E-state index in [-0.39, 0.29) is 5.56 Å². The number of aromatic nitrogens is 2. The average Bonchev–Trinajstić information content (AvgIpc) is 2.60. The van der Waals surface area contributed by atoms with Crippen molar-refractivity contribution in [2.24, 2.45) is 0 Å². The molecule has 0 unspecified atom stereocenters. The lowest BCUT2D eigenvalue weighted by Gasteiger charge is -2.10. The van der Waals surface area contributed by atoms with Crippen molar-refractivity contribution in [3.05, 3.63) is 75.6 Å². The van der Waals surface area contributed by atoms with Crippen LogP contribution in [0.5, 0.6) is 0 Å². The van der Waals surface area contributed by atoms with E-state index < -0.39 is 0 Å². The number of halogens is 1. The third kappa shape index (κ3) is 3.33. The Morgan fingerprint density at radius 2 is 1.74 bits per heavy atom. The molecule has 1 aromatic heterocycles. The van der Waals surface area contributed by atoms with Crippen LogP contribution >= 0.6 is 27.7 Å². The Kier molecular flexibility index (Phi) is 4.83. The number of nitrogens with zero attached hydrogens (tertiary/aromatic N) is 2. The SMILES string of the molecule is CNc1ccccc1Sc1cnn(-c2ccccc2)c(=O)c1Br. The van der Waals surface area contributed by atoms with Crippen LogP contribution in [0.25, 0.3) is 5.69 Å². The van der Waals surface area contributed by atoms with Crippen molar-refractivity contribution < 1.29 is 0 Å². The molecule has 0 aliphatic heterocycles. The summed E-state index contributed by atoms with van der Waals surface area (Å²) < 4.78 is 1.89. The first kappa shape index (κ1) is 15.8. The highest BCUT2D eigenvalue weighted by molar-refractivity contribution is 9.10. The van der Waals surface area contributed by atoms with Crippen LogP contribution in [0.2, 0.25) is 0 Å². The molecule has 0 aliphatic carbocycles. The zero-order valence-electron chi connectivity index (χ0n) is 12.4. The average molecular weight is 388 g/mol. The van der Waals surface area contributed by atoms with Gasteiger partial charge in [0.15, 0.2) is 0 Å². The minimum absolute atomic E-state index is 0.178. The highest BCUT2D eigenvalue weighted by Crippen LogP contribution is 2.35. The van der Waals surface area contributed by atoms with Crippen molar-refractivity contribution in [2.75, 3.05) is 12.4 Å². The molecule has 1 N–H and O–H groups in total. The summed E-state index contributed by atoms with van der Waals surface area (Å²) >= 11 is 4.92. The second-order valence-corrected chi connectivity index (χ2v) is 6.60. The molecule has 0 saturated heterocycles. The van der Waals surface area contributed by atoms with Crippen molar-refractivity contribution in [2.45, 2.75) is 9.79 Å². The molecule has 0 saturated carbocycles. The van der Waals surface area contributed by atoms with Crippen molar-refractivity contribution in [3.8, 4) is 5.69 Å². The van der Waals surface area contributed by atoms with Gasteiger partial charge in [0, 0.05) is 17.6 Å². The Labute approximate surface area is 146 Å². The predicted octanol–water partition coefficient (Wildman–Crippen LogP) is 4.19. The van der Waals surface area contributed by atoms with Gasteiger partial charge in [-0.3, -0.25) is 4.79 Å². The van der Waals surface area contributed by atoms with E-state index >= 15 is 0 Å². The first-order chi connectivity index (χ1) is 11.2. The van der Waals surface area contributed by atoms with Crippen LogP contribution in [0.3, 0.4) is 0 Å². The van der Waals surface area contributed by atoms with E-state index in [1.807, 2.05) is 61.6 Å². The van der Waals surface area contributed by atoms with Gasteiger partial charge < -0.3 is 5.32 Å². The van der Waals surface area contributed by atoms with E-state index in [1.54, 1.807) is 6.20 Å². The highest BCUT2D eigenvalue weighted by Gasteiger charge is 2.12. The van der Waals surface area contributed by atoms with Gasteiger partial charge in [-0.1, -0.05) is 42.1 Å². The molecule has 2 aromatic carbocycles. The molecule has 3 aromatic rings. The summed E-state index contributed by atoms with van der Waals surface area (Å²) in [6.07, 6.45) is 1.70. The Morgan fingerprint density at radius 3 is 2.48 bits per heavy atom. The fourth-order valence-electron chi connectivity index (χ4n) is 2.12. The normalized spacial score (nSPS) is 10.5. The molecule has 0 atom stereocenters. The summed E-state index contributed by atoms with van der Waals surface area (Å²) in [6.45, 7) is 0. The molecule has 0 aliphatic rings. The van der Waals surface area contributed by atoms with E-state index in [0.29, 0.717) is 4.47 Å². The molecule has 0 spiro atoms. The first-order valence-corrected chi connectivity index (χ1v) is 8.59. The van der Waals surface area contributed by atoms with Crippen molar-refractivity contribution in [1.82, 2.24) is 9.78 Å². The Morgan fingerprint density at radius 1 is 1.04 bits per heavy atom. The van der Waals surface area contributed by atoms with Gasteiger partial charge in [0.2, 0.25) is 0 Å². The maximum absolute atomic E-state index is 12.6. The Hall–Kier alpha value is -2.05. The molecule has 1 heterocycles. The fourth-order valence-corrected chi connectivity index (χ4v) is 3.58. The van der Waals surface area contributed by atoms with Crippen LogP contribution in [-0.2, 0) is 0 Å². The summed E-state index contributed by atoms with van der Waals surface area (Å²) in [6, 6.07) is 17.3. The molecule has 0 fully saturated rings. The van der Waals surface area contributed by atoms with Crippen LogP contribution < -0.4 is 10.9 Å². The van der Waals surface area contributed by atoms with Crippen LogP contribution in [0.4, 0.5) is 5.69 Å². The van der Waals surface area contributed by atoms with Crippen molar-refractivity contribution in [1.29, 1.82) is 0 Å². The lowest BCUT2D eigenvalue weighted by atomic mass is 10.3. The molecule has 116 valence electrons. The third-order valence-electron chi connectivity index (χ3n) is 3.26. The molecule has 4 nitrogen and oxygen atoms in total. The van der Waals surface area contributed by atoms with Gasteiger partial charge in [0.25, 0.3) is 5.56 Å². The Balaban J connectivity index is 2.00. The maximum atomic E-state index is 12.6. The van der Waals surface area contributed by atoms with E-state index in [2.05, 4.69) is 26.3 Å². The second-order valence-electron chi connectivity index (χ2n) is 4.72. The number of rotatable bonds is 4. The van der Waals surface area contributed by atoms with Crippen molar-refractivity contribution in [3.63, 3.8) is 0 Å². The zero-order chi connectivity index (χ0) is 16.2. The number of benzene rings is 2. The molecule has 0 radical (unpaired) electrons. The number of anilines is 1. The summed E-state index contributed by atoms with van der Waals surface area (Å²) in [5.74, 6) is 0. The number of para-hydroxylation sites is 2. The summed E-state index contributed by atoms with van der Waals surface area (Å²) in [7, 11) is 1.88. The minimum atomic E-state index is -0.178. The monoisotopic (exact) mass is 387 g/mol. The number of hydrogen-bond donors (Lipinski definition) is 1. The van der Waals surface area contributed by atoms with E-state index in [9.17, 15) is 4.79 Å². The highest BCUT2D eigenvalue weighted by atomic mass is 79.9. The second kappa shape index (κ2) is 7.02. The molecule has 6 heteroatoms. The van der Waals surface area contributed by atoms with Crippen molar-refractivity contribution >= 4 is 33.4 Å². The third-order valence-corrected chi connectivity index (χ3v) is 5.40. The fraction of sp³-hybridized carbons (Fsp3) is 0.0588.